The van der Waals surface area contributed by atoms with Crippen LogP contribution in [0.2, 0.25) is 0 Å². The van der Waals surface area contributed by atoms with Crippen LogP contribution in [0.1, 0.15) is 16.7 Å². The number of nitrogens with one attached hydrogen (secondary N) is 1. The number of hydrogen-bond donors (Lipinski definition) is 3. The van der Waals surface area contributed by atoms with E-state index < -0.39 is 5.91 Å². The van der Waals surface area contributed by atoms with Crippen molar-refractivity contribution in [2.75, 3.05) is 6.61 Å². The van der Waals surface area contributed by atoms with E-state index in [9.17, 15) is 15.0 Å². The molecule has 138 valence electrons. The molecular formula is C17H15Br3N2O4. The van der Waals surface area contributed by atoms with Gasteiger partial charge in [0.2, 0.25) is 0 Å². The van der Waals surface area contributed by atoms with Crippen molar-refractivity contribution in [3.8, 4) is 17.2 Å². The lowest BCUT2D eigenvalue weighted by Crippen LogP contribution is -2.25. The summed E-state index contributed by atoms with van der Waals surface area (Å²) in [6.45, 7) is 3.59. The third-order valence-electron chi connectivity index (χ3n) is 3.36. The van der Waals surface area contributed by atoms with Gasteiger partial charge < -0.3 is 14.9 Å². The van der Waals surface area contributed by atoms with Crippen LogP contribution in [0.15, 0.2) is 36.7 Å². The number of aromatic hydroxyl groups is 2. The highest BCUT2D eigenvalue weighted by Gasteiger charge is 2.13. The number of hydrazone groups is 1. The molecule has 3 N–H and O–H groups in total. The molecule has 6 nitrogen and oxygen atoms in total. The van der Waals surface area contributed by atoms with Crippen LogP contribution in [0.4, 0.5) is 0 Å². The van der Waals surface area contributed by atoms with Gasteiger partial charge in [0, 0.05) is 10.0 Å². The number of phenols is 2. The summed E-state index contributed by atoms with van der Waals surface area (Å²) in [4.78, 5) is 11.9. The minimum atomic E-state index is -0.445. The fraction of sp³-hybridized carbons (Fsp3) is 0.176. The van der Waals surface area contributed by atoms with E-state index in [2.05, 4.69) is 58.3 Å². The standard InChI is InChI=1S/C17H15Br3N2O4/c1-8-3-11(18)4-9(2)17(8)26-7-13(23)22-21-6-10-5-12(19)16(25)14(20)15(10)24/h3-6,24-25H,7H2,1-2H3,(H,22,23)/b21-6-. The summed E-state index contributed by atoms with van der Waals surface area (Å²) in [6.07, 6.45) is 1.26. The van der Waals surface area contributed by atoms with Gasteiger partial charge in [-0.1, -0.05) is 15.9 Å². The first-order valence-electron chi connectivity index (χ1n) is 7.32. The fourth-order valence-corrected chi connectivity index (χ4v) is 4.02. The van der Waals surface area contributed by atoms with Crippen LogP contribution < -0.4 is 10.2 Å². The van der Waals surface area contributed by atoms with Crippen molar-refractivity contribution in [2.45, 2.75) is 13.8 Å². The Kier molecular flexibility index (Phi) is 7.08. The number of carbonyl (C=O) groups is 1. The van der Waals surface area contributed by atoms with Crippen molar-refractivity contribution >= 4 is 59.9 Å². The van der Waals surface area contributed by atoms with E-state index in [4.69, 9.17) is 4.74 Å². The summed E-state index contributed by atoms with van der Waals surface area (Å²) in [5.41, 5.74) is 4.46. The van der Waals surface area contributed by atoms with E-state index in [1.165, 1.54) is 12.3 Å². The monoisotopic (exact) mass is 548 g/mol. The van der Waals surface area contributed by atoms with E-state index in [0.717, 1.165) is 15.6 Å². The Labute approximate surface area is 175 Å². The molecule has 0 spiro atoms. The molecule has 2 aromatic rings. The van der Waals surface area contributed by atoms with Crippen LogP contribution in [0.5, 0.6) is 17.2 Å². The molecule has 0 radical (unpaired) electrons. The van der Waals surface area contributed by atoms with Gasteiger partial charge in [0.25, 0.3) is 5.91 Å². The summed E-state index contributed by atoms with van der Waals surface area (Å²) in [6, 6.07) is 5.28. The van der Waals surface area contributed by atoms with Crippen LogP contribution in [-0.4, -0.2) is 28.9 Å². The Bertz CT molecular complexity index is 862. The number of phenolic OH excluding ortho intramolecular Hbond substituents is 2. The van der Waals surface area contributed by atoms with Gasteiger partial charge in [0.15, 0.2) is 6.61 Å². The van der Waals surface area contributed by atoms with Gasteiger partial charge in [0.1, 0.15) is 21.7 Å². The van der Waals surface area contributed by atoms with Crippen molar-refractivity contribution in [3.05, 3.63) is 48.3 Å². The first-order valence-corrected chi connectivity index (χ1v) is 9.70. The van der Waals surface area contributed by atoms with Crippen molar-refractivity contribution in [1.82, 2.24) is 5.43 Å². The molecule has 0 heterocycles. The van der Waals surface area contributed by atoms with E-state index in [-0.39, 0.29) is 22.6 Å². The lowest BCUT2D eigenvalue weighted by atomic mass is 10.1. The number of rotatable bonds is 5. The molecular weight excluding hydrogens is 536 g/mol. The number of ether oxygens (including phenoxy) is 1. The molecule has 0 atom stereocenters. The Hall–Kier alpha value is -1.58. The lowest BCUT2D eigenvalue weighted by molar-refractivity contribution is -0.123. The summed E-state index contributed by atoms with van der Waals surface area (Å²) in [5, 5.41) is 23.4. The molecule has 0 fully saturated rings. The van der Waals surface area contributed by atoms with Gasteiger partial charge in [-0.3, -0.25) is 4.79 Å². The zero-order valence-corrected chi connectivity index (χ0v) is 18.6. The van der Waals surface area contributed by atoms with Crippen LogP contribution >= 0.6 is 47.8 Å². The average Bonchev–Trinajstić information content (AvgIpc) is 2.56. The third kappa shape index (κ3) is 4.99. The SMILES string of the molecule is Cc1cc(Br)cc(C)c1OCC(=O)N/N=C\c1cc(Br)c(O)c(Br)c1O. The van der Waals surface area contributed by atoms with Gasteiger partial charge in [0.05, 0.1) is 10.7 Å². The molecule has 26 heavy (non-hydrogen) atoms. The second-order valence-electron chi connectivity index (χ2n) is 5.41. The summed E-state index contributed by atoms with van der Waals surface area (Å²) in [5.74, 6) is -0.117. The summed E-state index contributed by atoms with van der Waals surface area (Å²) >= 11 is 9.63. The number of nitrogens with zero attached hydrogens (tertiary/aromatic N) is 1. The number of carbonyl (C=O) groups excluding carboxylic acids is 1. The first kappa shape index (κ1) is 20.7. The number of hydrogen-bond acceptors (Lipinski definition) is 5. The van der Waals surface area contributed by atoms with Crippen molar-refractivity contribution in [3.63, 3.8) is 0 Å². The zero-order valence-electron chi connectivity index (χ0n) is 13.8. The maximum atomic E-state index is 11.9. The second-order valence-corrected chi connectivity index (χ2v) is 7.97. The number of aryl methyl sites for hydroxylation is 2. The van der Waals surface area contributed by atoms with Gasteiger partial charge in [-0.25, -0.2) is 5.43 Å². The molecule has 2 rings (SSSR count). The van der Waals surface area contributed by atoms with Gasteiger partial charge >= 0.3 is 0 Å². The quantitative estimate of drug-likeness (QED) is 0.377. The maximum Gasteiger partial charge on any atom is 0.277 e. The van der Waals surface area contributed by atoms with Crippen LogP contribution in [0.3, 0.4) is 0 Å². The van der Waals surface area contributed by atoms with Crippen molar-refractivity contribution in [2.24, 2.45) is 5.10 Å². The van der Waals surface area contributed by atoms with E-state index in [1.54, 1.807) is 0 Å². The predicted molar refractivity (Wildman–Crippen MR) is 110 cm³/mol. The molecule has 0 aliphatic carbocycles. The Morgan fingerprint density at radius 1 is 1.15 bits per heavy atom. The van der Waals surface area contributed by atoms with Crippen molar-refractivity contribution < 1.29 is 19.7 Å². The molecule has 0 saturated carbocycles. The first-order chi connectivity index (χ1) is 12.2. The highest BCUT2D eigenvalue weighted by Crippen LogP contribution is 2.40. The molecule has 0 aromatic heterocycles. The molecule has 2 aromatic carbocycles. The molecule has 1 amide bonds. The highest BCUT2D eigenvalue weighted by atomic mass is 79.9. The average molecular weight is 551 g/mol. The van der Waals surface area contributed by atoms with Crippen LogP contribution in [0, 0.1) is 13.8 Å². The summed E-state index contributed by atoms with van der Waals surface area (Å²) in [7, 11) is 0. The molecule has 0 aliphatic rings. The minimum absolute atomic E-state index is 0.127. The fourth-order valence-electron chi connectivity index (χ4n) is 2.18. The van der Waals surface area contributed by atoms with E-state index in [1.807, 2.05) is 26.0 Å². The smallest absolute Gasteiger partial charge is 0.277 e. The topological polar surface area (TPSA) is 91.2 Å². The lowest BCUT2D eigenvalue weighted by Gasteiger charge is -2.11. The maximum absolute atomic E-state index is 11.9. The van der Waals surface area contributed by atoms with Crippen molar-refractivity contribution in [1.29, 1.82) is 0 Å². The molecule has 9 heteroatoms. The third-order valence-corrected chi connectivity index (χ3v) is 5.18. The van der Waals surface area contributed by atoms with Gasteiger partial charge in [-0.05, 0) is 75.0 Å². The number of halogens is 3. The van der Waals surface area contributed by atoms with Crippen LogP contribution in [-0.2, 0) is 4.79 Å². The second kappa shape index (κ2) is 8.88. The van der Waals surface area contributed by atoms with E-state index >= 15 is 0 Å². The molecule has 0 unspecified atom stereocenters. The van der Waals surface area contributed by atoms with Gasteiger partial charge in [-0.15, -0.1) is 0 Å². The number of amides is 1. The molecule has 0 saturated heterocycles. The molecule has 0 aliphatic heterocycles. The van der Waals surface area contributed by atoms with Gasteiger partial charge in [-0.2, -0.15) is 5.10 Å². The minimum Gasteiger partial charge on any atom is -0.506 e. The Morgan fingerprint density at radius 3 is 2.38 bits per heavy atom. The highest BCUT2D eigenvalue weighted by molar-refractivity contribution is 9.11. The predicted octanol–water partition coefficient (Wildman–Crippen LogP) is 4.53. The number of benzene rings is 2. The zero-order chi connectivity index (χ0) is 19.4. The normalized spacial score (nSPS) is 11.0. The summed E-state index contributed by atoms with van der Waals surface area (Å²) < 4.78 is 7.01. The van der Waals surface area contributed by atoms with Crippen LogP contribution in [0.25, 0.3) is 0 Å². The molecule has 0 bridgehead atoms. The Morgan fingerprint density at radius 2 is 1.77 bits per heavy atom. The Balaban J connectivity index is 1.99. The van der Waals surface area contributed by atoms with E-state index in [0.29, 0.717) is 15.8 Å². The largest absolute Gasteiger partial charge is 0.506 e.